The first-order chi connectivity index (χ1) is 10.3. The summed E-state index contributed by atoms with van der Waals surface area (Å²) in [7, 11) is 0. The molecule has 2 aromatic carbocycles. The zero-order valence-electron chi connectivity index (χ0n) is 12.6. The van der Waals surface area contributed by atoms with Crippen molar-refractivity contribution in [3.8, 4) is 11.5 Å². The predicted octanol–water partition coefficient (Wildman–Crippen LogP) is 4.76. The maximum Gasteiger partial charge on any atom is 0.140 e. The molecule has 0 atom stereocenters. The van der Waals surface area contributed by atoms with Crippen LogP contribution in [-0.4, -0.2) is 12.3 Å². The second kappa shape index (κ2) is 6.54. The van der Waals surface area contributed by atoms with Crippen molar-refractivity contribution in [2.75, 3.05) is 6.26 Å². The van der Waals surface area contributed by atoms with Crippen LogP contribution in [0, 0.1) is 6.92 Å². The molecule has 1 aliphatic carbocycles. The zero-order chi connectivity index (χ0) is 14.7. The molecule has 0 heterocycles. The molecule has 1 aliphatic rings. The van der Waals surface area contributed by atoms with Crippen molar-refractivity contribution in [2.24, 2.45) is 0 Å². The summed E-state index contributed by atoms with van der Waals surface area (Å²) >= 11 is 1.71. The molecule has 2 aromatic rings. The fourth-order valence-electron chi connectivity index (χ4n) is 2.31. The lowest BCUT2D eigenvalue weighted by atomic mass is 10.1. The molecule has 1 fully saturated rings. The zero-order valence-corrected chi connectivity index (χ0v) is 13.4. The molecule has 3 heteroatoms. The number of rotatable bonds is 6. The number of aryl methyl sites for hydroxylation is 1. The average Bonchev–Trinajstić information content (AvgIpc) is 3.32. The Labute approximate surface area is 130 Å². The highest BCUT2D eigenvalue weighted by atomic mass is 32.2. The number of thioether (sulfide) groups is 1. The Kier molecular flexibility index (Phi) is 4.51. The molecule has 0 radical (unpaired) electrons. The molecule has 0 amide bonds. The molecule has 2 nitrogen and oxygen atoms in total. The molecule has 0 spiro atoms. The molecule has 1 N–H and O–H groups in total. The van der Waals surface area contributed by atoms with Crippen LogP contribution in [-0.2, 0) is 6.54 Å². The van der Waals surface area contributed by atoms with Gasteiger partial charge in [-0.3, -0.25) is 0 Å². The van der Waals surface area contributed by atoms with E-state index < -0.39 is 0 Å². The lowest BCUT2D eigenvalue weighted by Gasteiger charge is -2.13. The SMILES string of the molecule is CSc1ccccc1Oc1ccc(CNC2CC2)cc1C. The van der Waals surface area contributed by atoms with E-state index in [1.54, 1.807) is 11.8 Å². The van der Waals surface area contributed by atoms with Gasteiger partial charge >= 0.3 is 0 Å². The van der Waals surface area contributed by atoms with E-state index >= 15 is 0 Å². The van der Waals surface area contributed by atoms with Gasteiger partial charge in [0.2, 0.25) is 0 Å². The summed E-state index contributed by atoms with van der Waals surface area (Å²) in [5.41, 5.74) is 2.51. The van der Waals surface area contributed by atoms with E-state index in [1.807, 2.05) is 18.2 Å². The van der Waals surface area contributed by atoms with Gasteiger partial charge in [0.1, 0.15) is 11.5 Å². The number of benzene rings is 2. The van der Waals surface area contributed by atoms with Gasteiger partial charge in [-0.15, -0.1) is 11.8 Å². The second-order valence-corrected chi connectivity index (χ2v) is 6.36. The largest absolute Gasteiger partial charge is 0.456 e. The molecule has 0 aromatic heterocycles. The highest BCUT2D eigenvalue weighted by Crippen LogP contribution is 2.33. The summed E-state index contributed by atoms with van der Waals surface area (Å²) in [6.45, 7) is 3.06. The summed E-state index contributed by atoms with van der Waals surface area (Å²) in [6.07, 6.45) is 4.72. The summed E-state index contributed by atoms with van der Waals surface area (Å²) in [5.74, 6) is 1.86. The standard InChI is InChI=1S/C18H21NOS/c1-13-11-14(12-19-15-8-9-15)7-10-16(13)20-17-5-3-4-6-18(17)21-2/h3-7,10-11,15,19H,8-9,12H2,1-2H3. The van der Waals surface area contributed by atoms with Gasteiger partial charge in [0.05, 0.1) is 0 Å². The number of hydrogen-bond donors (Lipinski definition) is 1. The maximum atomic E-state index is 6.08. The van der Waals surface area contributed by atoms with E-state index in [2.05, 4.69) is 42.8 Å². The highest BCUT2D eigenvalue weighted by Gasteiger charge is 2.20. The summed E-state index contributed by atoms with van der Waals surface area (Å²) in [6, 6.07) is 15.4. The van der Waals surface area contributed by atoms with E-state index in [4.69, 9.17) is 4.74 Å². The van der Waals surface area contributed by atoms with Crippen LogP contribution in [0.1, 0.15) is 24.0 Å². The van der Waals surface area contributed by atoms with Crippen molar-refractivity contribution >= 4 is 11.8 Å². The Balaban J connectivity index is 1.72. The molecule has 0 unspecified atom stereocenters. The first kappa shape index (κ1) is 14.5. The molecular formula is C18H21NOS. The lowest BCUT2D eigenvalue weighted by Crippen LogP contribution is -2.15. The molecule has 110 valence electrons. The quantitative estimate of drug-likeness (QED) is 0.777. The van der Waals surface area contributed by atoms with Gasteiger partial charge in [-0.2, -0.15) is 0 Å². The Bertz CT molecular complexity index is 622. The van der Waals surface area contributed by atoms with Gasteiger partial charge < -0.3 is 10.1 Å². The van der Waals surface area contributed by atoms with Gasteiger partial charge in [0.15, 0.2) is 0 Å². The van der Waals surface area contributed by atoms with Gasteiger partial charge in [-0.05, 0) is 55.3 Å². The number of ether oxygens (including phenoxy) is 1. The molecule has 3 rings (SSSR count). The fourth-order valence-corrected chi connectivity index (χ4v) is 2.83. The fraction of sp³-hybridized carbons (Fsp3) is 0.333. The van der Waals surface area contributed by atoms with E-state index in [-0.39, 0.29) is 0 Å². The minimum Gasteiger partial charge on any atom is -0.456 e. The topological polar surface area (TPSA) is 21.3 Å². The number of hydrogen-bond acceptors (Lipinski definition) is 3. The van der Waals surface area contributed by atoms with Crippen LogP contribution >= 0.6 is 11.8 Å². The minimum atomic E-state index is 0.745. The van der Waals surface area contributed by atoms with Crippen molar-refractivity contribution in [1.29, 1.82) is 0 Å². The molecule has 1 saturated carbocycles. The van der Waals surface area contributed by atoms with Crippen molar-refractivity contribution in [3.05, 3.63) is 53.6 Å². The lowest BCUT2D eigenvalue weighted by molar-refractivity contribution is 0.467. The van der Waals surface area contributed by atoms with Crippen LogP contribution in [0.25, 0.3) is 0 Å². The van der Waals surface area contributed by atoms with Gasteiger partial charge in [0.25, 0.3) is 0 Å². The van der Waals surface area contributed by atoms with Crippen molar-refractivity contribution in [1.82, 2.24) is 5.32 Å². The molecule has 0 bridgehead atoms. The molecular weight excluding hydrogens is 278 g/mol. The van der Waals surface area contributed by atoms with Crippen molar-refractivity contribution < 1.29 is 4.74 Å². The van der Waals surface area contributed by atoms with Gasteiger partial charge in [-0.25, -0.2) is 0 Å². The van der Waals surface area contributed by atoms with Gasteiger partial charge in [0, 0.05) is 17.5 Å². The van der Waals surface area contributed by atoms with Crippen LogP contribution in [0.4, 0.5) is 0 Å². The van der Waals surface area contributed by atoms with Crippen LogP contribution in [0.2, 0.25) is 0 Å². The molecule has 0 saturated heterocycles. The highest BCUT2D eigenvalue weighted by molar-refractivity contribution is 7.98. The summed E-state index contributed by atoms with van der Waals surface area (Å²) in [5, 5.41) is 3.54. The number of para-hydroxylation sites is 1. The Morgan fingerprint density at radius 3 is 2.67 bits per heavy atom. The normalized spacial score (nSPS) is 14.2. The minimum absolute atomic E-state index is 0.745. The maximum absolute atomic E-state index is 6.08. The third kappa shape index (κ3) is 3.80. The van der Waals surface area contributed by atoms with Gasteiger partial charge in [-0.1, -0.05) is 24.3 Å². The van der Waals surface area contributed by atoms with E-state index in [1.165, 1.54) is 24.0 Å². The first-order valence-corrected chi connectivity index (χ1v) is 8.62. The third-order valence-corrected chi connectivity index (χ3v) is 4.48. The third-order valence-electron chi connectivity index (χ3n) is 3.70. The summed E-state index contributed by atoms with van der Waals surface area (Å²) in [4.78, 5) is 1.16. The predicted molar refractivity (Wildman–Crippen MR) is 89.3 cm³/mol. The van der Waals surface area contributed by atoms with Crippen LogP contribution in [0.15, 0.2) is 47.4 Å². The van der Waals surface area contributed by atoms with E-state index in [0.29, 0.717) is 0 Å². The van der Waals surface area contributed by atoms with Crippen molar-refractivity contribution in [2.45, 2.75) is 37.2 Å². The Morgan fingerprint density at radius 1 is 1.14 bits per heavy atom. The van der Waals surface area contributed by atoms with Crippen LogP contribution < -0.4 is 10.1 Å². The monoisotopic (exact) mass is 299 g/mol. The molecule has 0 aliphatic heterocycles. The van der Waals surface area contributed by atoms with E-state index in [9.17, 15) is 0 Å². The smallest absolute Gasteiger partial charge is 0.140 e. The Morgan fingerprint density at radius 2 is 1.95 bits per heavy atom. The average molecular weight is 299 g/mol. The second-order valence-electron chi connectivity index (χ2n) is 5.51. The first-order valence-electron chi connectivity index (χ1n) is 7.40. The van der Waals surface area contributed by atoms with Crippen LogP contribution in [0.3, 0.4) is 0 Å². The summed E-state index contributed by atoms with van der Waals surface area (Å²) < 4.78 is 6.08. The van der Waals surface area contributed by atoms with Crippen molar-refractivity contribution in [3.63, 3.8) is 0 Å². The number of nitrogens with one attached hydrogen (secondary N) is 1. The molecule has 21 heavy (non-hydrogen) atoms. The van der Waals surface area contributed by atoms with E-state index in [0.717, 1.165) is 29.0 Å². The Hall–Kier alpha value is -1.45. The van der Waals surface area contributed by atoms with Crippen LogP contribution in [0.5, 0.6) is 11.5 Å².